The van der Waals surface area contributed by atoms with Crippen molar-refractivity contribution in [2.45, 2.75) is 31.7 Å². The quantitative estimate of drug-likeness (QED) is 0.417. The van der Waals surface area contributed by atoms with Crippen molar-refractivity contribution in [3.8, 4) is 0 Å². The number of para-hydroxylation sites is 1. The highest BCUT2D eigenvalue weighted by Gasteiger charge is 2.26. The summed E-state index contributed by atoms with van der Waals surface area (Å²) < 4.78 is 13.3. The molecule has 122 valence electrons. The second-order valence-corrected chi connectivity index (χ2v) is 6.67. The number of hydroxylamine groups is 1. The molecule has 1 aromatic carbocycles. The molecule has 22 heavy (non-hydrogen) atoms. The molecule has 0 aliphatic heterocycles. The van der Waals surface area contributed by atoms with Gasteiger partial charge in [0.15, 0.2) is 0 Å². The maximum Gasteiger partial charge on any atom is 0.330 e. The zero-order chi connectivity index (χ0) is 16.9. The third kappa shape index (κ3) is 5.19. The zero-order valence-electron chi connectivity index (χ0n) is 12.6. The van der Waals surface area contributed by atoms with Gasteiger partial charge in [-0.2, -0.15) is 0 Å². The molecule has 0 fully saturated rings. The van der Waals surface area contributed by atoms with E-state index in [1.54, 1.807) is 26.8 Å². The number of carbonyl (C=O) groups excluding carboxylic acids is 1. The average Bonchev–Trinajstić information content (AvgIpc) is 2.41. The number of carboxylic acid groups (broad SMARTS) is 1. The summed E-state index contributed by atoms with van der Waals surface area (Å²) in [6.45, 7) is 4.94. The lowest BCUT2D eigenvalue weighted by atomic mass is 9.98. The molecule has 1 aromatic rings. The van der Waals surface area contributed by atoms with Crippen LogP contribution in [-0.2, 0) is 14.4 Å². The topological polar surface area (TPSA) is 102 Å². The number of hydrogen-bond donors (Lipinski definition) is 3. The number of rotatable bonds is 6. The van der Waals surface area contributed by atoms with E-state index in [0.717, 1.165) is 11.8 Å². The molecule has 0 saturated heterocycles. The number of halogens is 1. The summed E-state index contributed by atoms with van der Waals surface area (Å²) in [5, 5.41) is 9.12. The summed E-state index contributed by atoms with van der Waals surface area (Å²) in [5.74, 6) is -2.32. The van der Waals surface area contributed by atoms with Gasteiger partial charge in [-0.1, -0.05) is 6.07 Å². The minimum atomic E-state index is -1.19. The summed E-state index contributed by atoms with van der Waals surface area (Å²) in [6, 6.07) is 3.15. The van der Waals surface area contributed by atoms with Crippen LogP contribution in [0.2, 0.25) is 0 Å². The number of nitrogens with one attached hydrogen (secondary N) is 1. The molecule has 1 atom stereocenters. The Morgan fingerprint density at radius 1 is 1.45 bits per heavy atom. The molecule has 1 rings (SSSR count). The number of nitrogens with two attached hydrogens (primary N) is 1. The summed E-state index contributed by atoms with van der Waals surface area (Å²) in [5.41, 5.74) is 7.01. The van der Waals surface area contributed by atoms with Gasteiger partial charge in [0, 0.05) is 10.6 Å². The van der Waals surface area contributed by atoms with Crippen LogP contribution >= 0.6 is 11.8 Å². The highest BCUT2D eigenvalue weighted by atomic mass is 32.2. The molecule has 0 bridgehead atoms. The Labute approximate surface area is 132 Å². The molecular weight excluding hydrogens is 311 g/mol. The number of carboxylic acids is 1. The highest BCUT2D eigenvalue weighted by molar-refractivity contribution is 7.99. The van der Waals surface area contributed by atoms with Crippen molar-refractivity contribution in [2.24, 2.45) is 5.41 Å². The minimum absolute atomic E-state index is 0.0143. The van der Waals surface area contributed by atoms with Crippen molar-refractivity contribution in [1.82, 2.24) is 5.48 Å². The Morgan fingerprint density at radius 2 is 2.09 bits per heavy atom. The van der Waals surface area contributed by atoms with E-state index in [9.17, 15) is 14.0 Å². The maximum atomic E-state index is 13.3. The fourth-order valence-electron chi connectivity index (χ4n) is 1.25. The third-order valence-corrected chi connectivity index (χ3v) is 3.79. The van der Waals surface area contributed by atoms with Gasteiger partial charge in [0.1, 0.15) is 11.9 Å². The molecule has 0 amide bonds. The summed E-state index contributed by atoms with van der Waals surface area (Å²) in [6.07, 6.45) is 0. The average molecular weight is 330 g/mol. The molecule has 0 aliphatic carbocycles. The Balaban J connectivity index is 2.64. The van der Waals surface area contributed by atoms with Gasteiger partial charge >= 0.3 is 11.9 Å². The number of hydrogen-bond acceptors (Lipinski definition) is 6. The molecule has 0 spiro atoms. The van der Waals surface area contributed by atoms with E-state index < -0.39 is 29.2 Å². The van der Waals surface area contributed by atoms with E-state index in [1.165, 1.54) is 12.1 Å². The van der Waals surface area contributed by atoms with Crippen LogP contribution in [0.4, 0.5) is 10.1 Å². The van der Waals surface area contributed by atoms with Gasteiger partial charge in [-0.15, -0.1) is 17.2 Å². The van der Waals surface area contributed by atoms with Crippen LogP contribution < -0.4 is 11.2 Å². The lowest BCUT2D eigenvalue weighted by Gasteiger charge is -2.19. The predicted molar refractivity (Wildman–Crippen MR) is 81.6 cm³/mol. The van der Waals surface area contributed by atoms with Crippen LogP contribution in [0.3, 0.4) is 0 Å². The Kier molecular flexibility index (Phi) is 6.19. The zero-order valence-corrected chi connectivity index (χ0v) is 13.4. The first-order valence-electron chi connectivity index (χ1n) is 6.49. The third-order valence-electron chi connectivity index (χ3n) is 2.62. The molecule has 4 N–H and O–H groups in total. The lowest BCUT2D eigenvalue weighted by molar-refractivity contribution is -0.165. The minimum Gasteiger partial charge on any atom is -0.480 e. The van der Waals surface area contributed by atoms with Crippen LogP contribution in [0.15, 0.2) is 23.1 Å². The molecule has 0 aromatic heterocycles. The monoisotopic (exact) mass is 330 g/mol. The van der Waals surface area contributed by atoms with E-state index in [1.807, 2.05) is 0 Å². The first-order valence-corrected chi connectivity index (χ1v) is 7.48. The van der Waals surface area contributed by atoms with Crippen molar-refractivity contribution in [3.05, 3.63) is 24.0 Å². The summed E-state index contributed by atoms with van der Waals surface area (Å²) in [4.78, 5) is 28.0. The van der Waals surface area contributed by atoms with Gasteiger partial charge in [-0.05, 0) is 32.9 Å². The van der Waals surface area contributed by atoms with E-state index in [-0.39, 0.29) is 11.4 Å². The first-order chi connectivity index (χ1) is 10.1. The normalized spacial score (nSPS) is 12.7. The molecule has 8 heteroatoms. The fourth-order valence-corrected chi connectivity index (χ4v) is 2.23. The van der Waals surface area contributed by atoms with Crippen molar-refractivity contribution in [2.75, 3.05) is 11.5 Å². The molecule has 6 nitrogen and oxygen atoms in total. The van der Waals surface area contributed by atoms with Crippen molar-refractivity contribution in [3.63, 3.8) is 0 Å². The lowest BCUT2D eigenvalue weighted by Crippen LogP contribution is -2.42. The van der Waals surface area contributed by atoms with Crippen LogP contribution in [0.5, 0.6) is 0 Å². The Bertz CT molecular complexity index is 560. The van der Waals surface area contributed by atoms with E-state index in [0.29, 0.717) is 4.90 Å². The molecule has 0 unspecified atom stereocenters. The molecule has 0 saturated carbocycles. The number of carbonyl (C=O) groups is 2. The van der Waals surface area contributed by atoms with Crippen molar-refractivity contribution >= 4 is 29.4 Å². The van der Waals surface area contributed by atoms with Gasteiger partial charge in [-0.3, -0.25) is 4.79 Å². The smallest absolute Gasteiger partial charge is 0.330 e. The number of aliphatic carboxylic acids is 1. The van der Waals surface area contributed by atoms with Gasteiger partial charge < -0.3 is 15.7 Å². The van der Waals surface area contributed by atoms with Gasteiger partial charge in [0.05, 0.1) is 11.1 Å². The Morgan fingerprint density at radius 3 is 2.64 bits per heavy atom. The number of benzene rings is 1. The Hall–Kier alpha value is -1.80. The fraction of sp³-hybridized carbons (Fsp3) is 0.429. The van der Waals surface area contributed by atoms with E-state index >= 15 is 0 Å². The number of nitrogen functional groups attached to an aromatic ring is 1. The second-order valence-electron chi connectivity index (χ2n) is 5.61. The maximum absolute atomic E-state index is 13.3. The van der Waals surface area contributed by atoms with Crippen LogP contribution in [0.1, 0.15) is 20.8 Å². The van der Waals surface area contributed by atoms with Crippen molar-refractivity contribution < 1.29 is 23.9 Å². The first kappa shape index (κ1) is 18.2. The SMILES string of the molecule is CC(C)(C)C(=O)ON[C@@H](CSc1cccc(F)c1N)C(=O)O. The largest absolute Gasteiger partial charge is 0.480 e. The molecule has 0 heterocycles. The summed E-state index contributed by atoms with van der Waals surface area (Å²) in [7, 11) is 0. The number of thioether (sulfide) groups is 1. The van der Waals surface area contributed by atoms with Gasteiger partial charge in [-0.25, -0.2) is 9.18 Å². The molecule has 0 radical (unpaired) electrons. The van der Waals surface area contributed by atoms with Crippen LogP contribution in [0.25, 0.3) is 0 Å². The molecule has 0 aliphatic rings. The second kappa shape index (κ2) is 7.46. The summed E-state index contributed by atoms with van der Waals surface area (Å²) >= 11 is 1.06. The van der Waals surface area contributed by atoms with E-state index in [2.05, 4.69) is 5.48 Å². The number of anilines is 1. The molecular formula is C14H19FN2O4S. The van der Waals surface area contributed by atoms with Gasteiger partial charge in [0.25, 0.3) is 0 Å². The highest BCUT2D eigenvalue weighted by Crippen LogP contribution is 2.27. The van der Waals surface area contributed by atoms with Crippen LogP contribution in [-0.4, -0.2) is 28.8 Å². The predicted octanol–water partition coefficient (Wildman–Crippen LogP) is 2.05. The standard InChI is InChI=1S/C14H19FN2O4S/c1-14(2,3)13(20)21-17-9(12(18)19)7-22-10-6-4-5-8(15)11(10)16/h4-6,9,17H,7,16H2,1-3H3,(H,18,19)/t9-/m0/s1. The van der Waals surface area contributed by atoms with E-state index in [4.69, 9.17) is 15.7 Å². The van der Waals surface area contributed by atoms with Crippen LogP contribution in [0, 0.1) is 11.2 Å². The van der Waals surface area contributed by atoms with Crippen molar-refractivity contribution in [1.29, 1.82) is 0 Å². The van der Waals surface area contributed by atoms with Gasteiger partial charge in [0.2, 0.25) is 0 Å².